The van der Waals surface area contributed by atoms with Crippen LogP contribution in [0.25, 0.3) is 0 Å². The van der Waals surface area contributed by atoms with Gasteiger partial charge in [-0.1, -0.05) is 13.8 Å². The Kier molecular flexibility index (Phi) is 3.41. The van der Waals surface area contributed by atoms with E-state index in [1.54, 1.807) is 6.07 Å². The van der Waals surface area contributed by atoms with E-state index in [2.05, 4.69) is 10.3 Å². The lowest BCUT2D eigenvalue weighted by atomic mass is 9.95. The van der Waals surface area contributed by atoms with E-state index in [0.29, 0.717) is 12.2 Å². The highest BCUT2D eigenvalue weighted by molar-refractivity contribution is 5.41. The van der Waals surface area contributed by atoms with Crippen molar-refractivity contribution in [1.82, 2.24) is 4.98 Å². The second kappa shape index (κ2) is 4.37. The zero-order chi connectivity index (χ0) is 10.6. The zero-order valence-electron chi connectivity index (χ0n) is 8.42. The number of aliphatic hydroxyl groups is 1. The van der Waals surface area contributed by atoms with Crippen molar-refractivity contribution in [3.8, 4) is 0 Å². The molecule has 0 amide bonds. The smallest absolute Gasteiger partial charge is 0.214 e. The van der Waals surface area contributed by atoms with E-state index in [1.165, 1.54) is 12.3 Å². The molecule has 0 aromatic carbocycles. The molecule has 78 valence electrons. The summed E-state index contributed by atoms with van der Waals surface area (Å²) in [4.78, 5) is 3.45. The van der Waals surface area contributed by atoms with E-state index in [-0.39, 0.29) is 12.0 Å². The minimum Gasteiger partial charge on any atom is -0.396 e. The number of hydrogen-bond acceptors (Lipinski definition) is 3. The molecule has 0 atom stereocenters. The first-order chi connectivity index (χ1) is 6.53. The van der Waals surface area contributed by atoms with Crippen LogP contribution in [0.5, 0.6) is 0 Å². The molecule has 0 aliphatic heterocycles. The number of rotatable bonds is 4. The molecule has 2 N–H and O–H groups in total. The van der Waals surface area contributed by atoms with Crippen LogP contribution in [-0.4, -0.2) is 23.2 Å². The number of hydrogen-bond donors (Lipinski definition) is 2. The molecule has 0 fully saturated rings. The third-order valence-electron chi connectivity index (χ3n) is 1.93. The van der Waals surface area contributed by atoms with Crippen LogP contribution in [0.1, 0.15) is 13.8 Å². The van der Waals surface area contributed by atoms with Gasteiger partial charge in [0.15, 0.2) is 0 Å². The van der Waals surface area contributed by atoms with Gasteiger partial charge in [-0.2, -0.15) is 4.39 Å². The van der Waals surface area contributed by atoms with Crippen LogP contribution in [0.4, 0.5) is 10.1 Å². The van der Waals surface area contributed by atoms with Gasteiger partial charge in [0.05, 0.1) is 0 Å². The molecule has 0 saturated heterocycles. The van der Waals surface area contributed by atoms with Crippen molar-refractivity contribution in [2.75, 3.05) is 18.5 Å². The van der Waals surface area contributed by atoms with E-state index in [4.69, 9.17) is 5.11 Å². The normalized spacial score (nSPS) is 11.4. The molecule has 0 spiro atoms. The predicted molar refractivity (Wildman–Crippen MR) is 53.6 cm³/mol. The highest BCUT2D eigenvalue weighted by atomic mass is 19.1. The predicted octanol–water partition coefficient (Wildman–Crippen LogP) is 1.65. The Labute approximate surface area is 83.0 Å². The Bertz CT molecular complexity index is 302. The van der Waals surface area contributed by atoms with Gasteiger partial charge in [-0.3, -0.25) is 0 Å². The van der Waals surface area contributed by atoms with Crippen LogP contribution in [0.2, 0.25) is 0 Å². The first-order valence-corrected chi connectivity index (χ1v) is 4.50. The summed E-state index contributed by atoms with van der Waals surface area (Å²) in [5.41, 5.74) is 0.471. The summed E-state index contributed by atoms with van der Waals surface area (Å²) in [7, 11) is 0. The van der Waals surface area contributed by atoms with Gasteiger partial charge >= 0.3 is 0 Å². The molecule has 0 radical (unpaired) electrons. The summed E-state index contributed by atoms with van der Waals surface area (Å²) in [5, 5.41) is 12.0. The van der Waals surface area contributed by atoms with Crippen LogP contribution >= 0.6 is 0 Å². The monoisotopic (exact) mass is 198 g/mol. The number of halogens is 1. The van der Waals surface area contributed by atoms with Crippen molar-refractivity contribution in [1.29, 1.82) is 0 Å². The van der Waals surface area contributed by atoms with Crippen LogP contribution in [-0.2, 0) is 0 Å². The van der Waals surface area contributed by atoms with Crippen molar-refractivity contribution in [2.45, 2.75) is 13.8 Å². The topological polar surface area (TPSA) is 45.1 Å². The Hall–Kier alpha value is -1.16. The second-order valence-electron chi connectivity index (χ2n) is 4.04. The minimum atomic E-state index is -0.503. The number of aromatic nitrogens is 1. The Morgan fingerprint density at radius 1 is 1.57 bits per heavy atom. The molecule has 1 aromatic heterocycles. The minimum absolute atomic E-state index is 0.0908. The lowest BCUT2D eigenvalue weighted by molar-refractivity contribution is 0.171. The molecule has 14 heavy (non-hydrogen) atoms. The van der Waals surface area contributed by atoms with Crippen molar-refractivity contribution < 1.29 is 9.50 Å². The first kappa shape index (κ1) is 10.9. The van der Waals surface area contributed by atoms with Gasteiger partial charge in [0.1, 0.15) is 0 Å². The molecule has 0 aliphatic rings. The first-order valence-electron chi connectivity index (χ1n) is 4.50. The van der Waals surface area contributed by atoms with E-state index in [0.717, 1.165) is 0 Å². The number of nitrogens with zero attached hydrogens (tertiary/aromatic N) is 1. The van der Waals surface area contributed by atoms with Crippen LogP contribution < -0.4 is 5.32 Å². The van der Waals surface area contributed by atoms with Crippen molar-refractivity contribution in [3.05, 3.63) is 24.3 Å². The fourth-order valence-corrected chi connectivity index (χ4v) is 0.910. The zero-order valence-corrected chi connectivity index (χ0v) is 8.42. The average molecular weight is 198 g/mol. The number of anilines is 1. The Balaban J connectivity index is 2.54. The van der Waals surface area contributed by atoms with E-state index >= 15 is 0 Å². The third kappa shape index (κ3) is 3.30. The van der Waals surface area contributed by atoms with Gasteiger partial charge in [0.25, 0.3) is 0 Å². The molecule has 0 saturated carbocycles. The third-order valence-corrected chi connectivity index (χ3v) is 1.93. The highest BCUT2D eigenvalue weighted by Crippen LogP contribution is 2.15. The summed E-state index contributed by atoms with van der Waals surface area (Å²) < 4.78 is 12.7. The maximum absolute atomic E-state index is 12.7. The largest absolute Gasteiger partial charge is 0.396 e. The van der Waals surface area contributed by atoms with Crippen LogP contribution in [0, 0.1) is 11.4 Å². The quantitative estimate of drug-likeness (QED) is 0.723. The van der Waals surface area contributed by atoms with Crippen molar-refractivity contribution >= 4 is 5.69 Å². The van der Waals surface area contributed by atoms with Crippen molar-refractivity contribution in [2.24, 2.45) is 5.41 Å². The summed E-state index contributed by atoms with van der Waals surface area (Å²) in [6, 6.07) is 3.02. The van der Waals surface area contributed by atoms with Crippen LogP contribution in [0.15, 0.2) is 18.3 Å². The maximum Gasteiger partial charge on any atom is 0.214 e. The van der Waals surface area contributed by atoms with E-state index in [1.807, 2.05) is 13.8 Å². The summed E-state index contributed by atoms with van der Waals surface area (Å²) >= 11 is 0. The highest BCUT2D eigenvalue weighted by Gasteiger charge is 2.15. The molecule has 1 heterocycles. The fourth-order valence-electron chi connectivity index (χ4n) is 0.910. The second-order valence-corrected chi connectivity index (χ2v) is 4.04. The molecule has 1 rings (SSSR count). The average Bonchev–Trinajstić information content (AvgIpc) is 2.15. The Morgan fingerprint density at radius 2 is 2.29 bits per heavy atom. The standard InChI is InChI=1S/C10H15FN2O/c1-10(2,7-14)6-13-8-3-4-12-9(11)5-8/h3-5,14H,6-7H2,1-2H3,(H,12,13). The molecular weight excluding hydrogens is 183 g/mol. The lowest BCUT2D eigenvalue weighted by Crippen LogP contribution is -2.26. The molecule has 0 aliphatic carbocycles. The molecular formula is C10H15FN2O. The number of nitrogens with one attached hydrogen (secondary N) is 1. The van der Waals surface area contributed by atoms with Gasteiger partial charge in [-0.15, -0.1) is 0 Å². The summed E-state index contributed by atoms with van der Waals surface area (Å²) in [5.74, 6) is -0.503. The number of pyridine rings is 1. The van der Waals surface area contributed by atoms with Gasteiger partial charge in [-0.25, -0.2) is 4.98 Å². The van der Waals surface area contributed by atoms with Gasteiger partial charge < -0.3 is 10.4 Å². The maximum atomic E-state index is 12.7. The van der Waals surface area contributed by atoms with Gasteiger partial charge in [0.2, 0.25) is 5.95 Å². The lowest BCUT2D eigenvalue weighted by Gasteiger charge is -2.22. The fraction of sp³-hybridized carbons (Fsp3) is 0.500. The molecule has 3 nitrogen and oxygen atoms in total. The summed E-state index contributed by atoms with van der Waals surface area (Å²) in [6.45, 7) is 4.54. The Morgan fingerprint density at radius 3 is 2.86 bits per heavy atom. The molecule has 4 heteroatoms. The SMILES string of the molecule is CC(C)(CO)CNc1ccnc(F)c1. The van der Waals surface area contributed by atoms with E-state index < -0.39 is 5.95 Å². The number of aliphatic hydroxyl groups excluding tert-OH is 1. The molecule has 0 bridgehead atoms. The molecule has 1 aromatic rings. The van der Waals surface area contributed by atoms with Crippen LogP contribution in [0.3, 0.4) is 0 Å². The van der Waals surface area contributed by atoms with Crippen molar-refractivity contribution in [3.63, 3.8) is 0 Å². The summed E-state index contributed by atoms with van der Waals surface area (Å²) in [6.07, 6.45) is 1.41. The van der Waals surface area contributed by atoms with E-state index in [9.17, 15) is 4.39 Å². The molecule has 0 unspecified atom stereocenters. The van der Waals surface area contributed by atoms with Gasteiger partial charge in [-0.05, 0) is 6.07 Å². The van der Waals surface area contributed by atoms with Gasteiger partial charge in [0, 0.05) is 36.5 Å².